The smallest absolute Gasteiger partial charge is 0.113 e. The second-order valence-electron chi connectivity index (χ2n) is 3.95. The maximum Gasteiger partial charge on any atom is 0.113 e. The molecule has 0 atom stereocenters. The molecule has 86 valence electrons. The Labute approximate surface area is 97.5 Å². The van der Waals surface area contributed by atoms with Crippen LogP contribution in [0.25, 0.3) is 21.7 Å². The molecule has 0 N–H and O–H groups in total. The van der Waals surface area contributed by atoms with Crippen molar-refractivity contribution in [1.82, 2.24) is 9.78 Å². The van der Waals surface area contributed by atoms with Gasteiger partial charge < -0.3 is 4.42 Å². The third kappa shape index (κ3) is 1.59. The Hall–Kier alpha value is -2.20. The van der Waals surface area contributed by atoms with Crippen molar-refractivity contribution in [3.63, 3.8) is 0 Å². The van der Waals surface area contributed by atoms with Gasteiger partial charge >= 0.3 is 0 Å². The number of fused-ring (bicyclic) bond motifs is 3. The lowest BCUT2D eigenvalue weighted by molar-refractivity contribution is 0.506. The summed E-state index contributed by atoms with van der Waals surface area (Å²) in [5.74, 6) is 1.02. The average molecular weight is 229 g/mol. The quantitative estimate of drug-likeness (QED) is 0.460. The molecule has 6 nitrogen and oxygen atoms in total. The van der Waals surface area contributed by atoms with Crippen LogP contribution in [-0.2, 0) is 19.4 Å². The number of aromatic nitrogens is 2. The first-order chi connectivity index (χ1) is 8.40. The zero-order valence-electron chi connectivity index (χ0n) is 9.20. The summed E-state index contributed by atoms with van der Waals surface area (Å²) in [6, 6.07) is 1.97. The van der Waals surface area contributed by atoms with E-state index in [1.54, 1.807) is 6.26 Å². The minimum atomic E-state index is 0.414. The van der Waals surface area contributed by atoms with Gasteiger partial charge in [0.2, 0.25) is 0 Å². The first-order valence-electron chi connectivity index (χ1n) is 5.52. The van der Waals surface area contributed by atoms with Crippen molar-refractivity contribution in [3.05, 3.63) is 40.3 Å². The van der Waals surface area contributed by atoms with Gasteiger partial charge in [-0.2, -0.15) is 5.10 Å². The predicted octanol–water partition coefficient (Wildman–Crippen LogP) is 2.55. The van der Waals surface area contributed by atoms with E-state index < -0.39 is 0 Å². The third-order valence-electron chi connectivity index (χ3n) is 3.01. The maximum atomic E-state index is 8.27. The summed E-state index contributed by atoms with van der Waals surface area (Å²) in [5.41, 5.74) is 11.7. The van der Waals surface area contributed by atoms with Crippen molar-refractivity contribution >= 4 is 0 Å². The Balaban J connectivity index is 1.99. The van der Waals surface area contributed by atoms with Crippen molar-refractivity contribution in [1.29, 1.82) is 0 Å². The van der Waals surface area contributed by atoms with Gasteiger partial charge in [-0.05, 0) is 23.6 Å². The normalized spacial score (nSPS) is 12.7. The molecule has 6 heteroatoms. The van der Waals surface area contributed by atoms with Gasteiger partial charge in [0.1, 0.15) is 5.76 Å². The van der Waals surface area contributed by atoms with Gasteiger partial charge in [-0.1, -0.05) is 5.11 Å². The molecule has 0 amide bonds. The first kappa shape index (κ1) is 9.99. The molecule has 0 fully saturated rings. The lowest BCUT2D eigenvalue weighted by Crippen LogP contribution is -2.08. The van der Waals surface area contributed by atoms with Crippen molar-refractivity contribution in [3.8, 4) is 11.3 Å². The molecule has 0 unspecified atom stereocenters. The van der Waals surface area contributed by atoms with Gasteiger partial charge in [0, 0.05) is 30.0 Å². The second kappa shape index (κ2) is 3.99. The fourth-order valence-electron chi connectivity index (χ4n) is 2.27. The molecular formula is C11H11N5O. The topological polar surface area (TPSA) is 79.7 Å². The van der Waals surface area contributed by atoms with Gasteiger partial charge in [0.25, 0.3) is 0 Å². The minimum absolute atomic E-state index is 0.414. The Morgan fingerprint density at radius 3 is 3.35 bits per heavy atom. The van der Waals surface area contributed by atoms with Crippen molar-refractivity contribution in [2.24, 2.45) is 5.11 Å². The molecule has 2 aromatic heterocycles. The van der Waals surface area contributed by atoms with Crippen LogP contribution in [0, 0.1) is 0 Å². The van der Waals surface area contributed by atoms with E-state index in [-0.39, 0.29) is 0 Å². The lowest BCUT2D eigenvalue weighted by atomic mass is 9.96. The third-order valence-corrected chi connectivity index (χ3v) is 3.01. The molecule has 0 saturated carbocycles. The SMILES string of the molecule is [N-]=[N+]=NCCn1ncc2c1-c1ccoc1CC2. The Kier molecular flexibility index (Phi) is 2.34. The number of furan rings is 1. The van der Waals surface area contributed by atoms with Crippen molar-refractivity contribution < 1.29 is 4.42 Å². The summed E-state index contributed by atoms with van der Waals surface area (Å²) in [6.07, 6.45) is 5.49. The van der Waals surface area contributed by atoms with Crippen LogP contribution >= 0.6 is 0 Å². The molecule has 0 radical (unpaired) electrons. The molecule has 2 aromatic rings. The van der Waals surface area contributed by atoms with Crippen LogP contribution in [0.15, 0.2) is 28.1 Å². The number of rotatable bonds is 3. The number of azide groups is 1. The monoisotopic (exact) mass is 229 g/mol. The predicted molar refractivity (Wildman–Crippen MR) is 61.4 cm³/mol. The summed E-state index contributed by atoms with van der Waals surface area (Å²) in [4.78, 5) is 2.75. The summed E-state index contributed by atoms with van der Waals surface area (Å²) < 4.78 is 7.33. The maximum absolute atomic E-state index is 8.27. The van der Waals surface area contributed by atoms with Gasteiger partial charge in [0.05, 0.1) is 18.2 Å². The van der Waals surface area contributed by atoms with Crippen LogP contribution in [0.4, 0.5) is 0 Å². The van der Waals surface area contributed by atoms with E-state index in [1.165, 1.54) is 5.56 Å². The Morgan fingerprint density at radius 1 is 1.53 bits per heavy atom. The summed E-state index contributed by atoms with van der Waals surface area (Å²) >= 11 is 0. The first-order valence-corrected chi connectivity index (χ1v) is 5.52. The van der Waals surface area contributed by atoms with Gasteiger partial charge in [-0.25, -0.2) is 0 Å². The highest BCUT2D eigenvalue weighted by atomic mass is 16.3. The van der Waals surface area contributed by atoms with E-state index >= 15 is 0 Å². The number of nitrogens with zero attached hydrogens (tertiary/aromatic N) is 5. The van der Waals surface area contributed by atoms with Crippen LogP contribution in [0.1, 0.15) is 11.3 Å². The van der Waals surface area contributed by atoms with E-state index in [9.17, 15) is 0 Å². The summed E-state index contributed by atoms with van der Waals surface area (Å²) in [5, 5.41) is 7.88. The fraction of sp³-hybridized carbons (Fsp3) is 0.364. The van der Waals surface area contributed by atoms with Crippen molar-refractivity contribution in [2.75, 3.05) is 6.54 Å². The lowest BCUT2D eigenvalue weighted by Gasteiger charge is -2.13. The van der Waals surface area contributed by atoms with Crippen LogP contribution in [-0.4, -0.2) is 16.3 Å². The van der Waals surface area contributed by atoms with Crippen LogP contribution in [0.3, 0.4) is 0 Å². The average Bonchev–Trinajstić information content (AvgIpc) is 2.94. The highest BCUT2D eigenvalue weighted by molar-refractivity contribution is 5.67. The Bertz CT molecular complexity index is 591. The highest BCUT2D eigenvalue weighted by Gasteiger charge is 2.22. The van der Waals surface area contributed by atoms with Gasteiger partial charge in [-0.3, -0.25) is 4.68 Å². The zero-order valence-corrected chi connectivity index (χ0v) is 9.20. The van der Waals surface area contributed by atoms with E-state index in [0.717, 1.165) is 29.9 Å². The van der Waals surface area contributed by atoms with Crippen LogP contribution in [0.5, 0.6) is 0 Å². The standard InChI is InChI=1S/C11H11N5O/c12-15-13-4-5-16-11-8(7-14-16)1-2-10-9(11)3-6-17-10/h3,6-7H,1-2,4-5H2. The van der Waals surface area contributed by atoms with E-state index in [2.05, 4.69) is 15.1 Å². The molecule has 3 rings (SSSR count). The number of aryl methyl sites for hydroxylation is 2. The highest BCUT2D eigenvalue weighted by Crippen LogP contribution is 2.33. The molecule has 0 aromatic carbocycles. The van der Waals surface area contributed by atoms with E-state index in [4.69, 9.17) is 9.95 Å². The number of hydrogen-bond donors (Lipinski definition) is 0. The Morgan fingerprint density at radius 2 is 2.47 bits per heavy atom. The second-order valence-corrected chi connectivity index (χ2v) is 3.95. The molecular weight excluding hydrogens is 218 g/mol. The molecule has 0 saturated heterocycles. The van der Waals surface area contributed by atoms with E-state index in [0.29, 0.717) is 13.1 Å². The molecule has 2 heterocycles. The largest absolute Gasteiger partial charge is 0.469 e. The zero-order chi connectivity index (χ0) is 11.7. The molecule has 0 aliphatic heterocycles. The van der Waals surface area contributed by atoms with Gasteiger partial charge in [-0.15, -0.1) is 0 Å². The summed E-state index contributed by atoms with van der Waals surface area (Å²) in [7, 11) is 0. The van der Waals surface area contributed by atoms with Crippen LogP contribution < -0.4 is 0 Å². The fourth-order valence-corrected chi connectivity index (χ4v) is 2.27. The van der Waals surface area contributed by atoms with Gasteiger partial charge in [0.15, 0.2) is 0 Å². The number of hydrogen-bond acceptors (Lipinski definition) is 3. The minimum Gasteiger partial charge on any atom is -0.469 e. The molecule has 1 aliphatic carbocycles. The van der Waals surface area contributed by atoms with E-state index in [1.807, 2.05) is 16.9 Å². The van der Waals surface area contributed by atoms with Crippen LogP contribution in [0.2, 0.25) is 0 Å². The van der Waals surface area contributed by atoms with Crippen molar-refractivity contribution in [2.45, 2.75) is 19.4 Å². The molecule has 0 bridgehead atoms. The molecule has 17 heavy (non-hydrogen) atoms. The molecule has 0 spiro atoms. The molecule has 1 aliphatic rings. The summed E-state index contributed by atoms with van der Waals surface area (Å²) in [6.45, 7) is 1.02.